The van der Waals surface area contributed by atoms with E-state index in [1.54, 1.807) is 42.5 Å². The minimum absolute atomic E-state index is 0.0452. The van der Waals surface area contributed by atoms with Crippen LogP contribution in [0.4, 0.5) is 5.69 Å². The lowest BCUT2D eigenvalue weighted by Gasteiger charge is -2.12. The normalized spacial score (nSPS) is 10.6. The quantitative estimate of drug-likeness (QED) is 0.790. The number of para-hydroxylation sites is 1. The average molecular weight is 344 g/mol. The first-order valence-electron chi connectivity index (χ1n) is 7.17. The van der Waals surface area contributed by atoms with Crippen molar-refractivity contribution in [2.45, 2.75) is 6.54 Å². The molecule has 0 saturated carbocycles. The van der Waals surface area contributed by atoms with E-state index in [4.69, 9.17) is 16.3 Å². The molecule has 6 nitrogen and oxygen atoms in total. The van der Waals surface area contributed by atoms with Gasteiger partial charge in [-0.05, 0) is 30.3 Å². The van der Waals surface area contributed by atoms with E-state index >= 15 is 0 Å². The zero-order valence-electron chi connectivity index (χ0n) is 12.8. The van der Waals surface area contributed by atoms with Gasteiger partial charge in [0.15, 0.2) is 0 Å². The van der Waals surface area contributed by atoms with Gasteiger partial charge < -0.3 is 10.1 Å². The molecule has 0 radical (unpaired) electrons. The molecule has 122 valence electrons. The van der Waals surface area contributed by atoms with E-state index in [1.807, 2.05) is 0 Å². The Hall–Kier alpha value is -2.86. The van der Waals surface area contributed by atoms with Crippen molar-refractivity contribution in [3.63, 3.8) is 0 Å². The molecule has 0 atom stereocenters. The first-order chi connectivity index (χ1) is 11.6. The van der Waals surface area contributed by atoms with Crippen molar-refractivity contribution in [3.8, 4) is 5.75 Å². The third kappa shape index (κ3) is 3.23. The number of hydrogen-bond acceptors (Lipinski definition) is 4. The number of fused-ring (bicyclic) bond motifs is 1. The van der Waals surface area contributed by atoms with Gasteiger partial charge in [-0.3, -0.25) is 14.3 Å². The molecule has 1 N–H and O–H groups in total. The van der Waals surface area contributed by atoms with E-state index in [0.29, 0.717) is 27.4 Å². The van der Waals surface area contributed by atoms with Crippen molar-refractivity contribution in [1.82, 2.24) is 9.78 Å². The number of nitrogens with zero attached hydrogens (tertiary/aromatic N) is 2. The van der Waals surface area contributed by atoms with Crippen molar-refractivity contribution in [2.24, 2.45) is 0 Å². The molecule has 3 aromatic rings. The van der Waals surface area contributed by atoms with Crippen molar-refractivity contribution in [3.05, 3.63) is 63.9 Å². The Bertz CT molecular complexity index is 969. The van der Waals surface area contributed by atoms with Gasteiger partial charge in [0.25, 0.3) is 0 Å². The van der Waals surface area contributed by atoms with Crippen LogP contribution in [-0.4, -0.2) is 22.8 Å². The fourth-order valence-corrected chi connectivity index (χ4v) is 2.56. The highest BCUT2D eigenvalue weighted by Crippen LogP contribution is 2.27. The fraction of sp³-hybridized carbons (Fsp3) is 0.118. The largest absolute Gasteiger partial charge is 0.495 e. The van der Waals surface area contributed by atoms with Crippen molar-refractivity contribution in [1.29, 1.82) is 0 Å². The summed E-state index contributed by atoms with van der Waals surface area (Å²) < 4.78 is 6.68. The van der Waals surface area contributed by atoms with Gasteiger partial charge in [0.1, 0.15) is 12.3 Å². The number of amides is 1. The van der Waals surface area contributed by atoms with Crippen LogP contribution in [0.25, 0.3) is 10.9 Å². The molecule has 24 heavy (non-hydrogen) atoms. The number of hydrogen-bond donors (Lipinski definition) is 1. The Labute approximate surface area is 142 Å². The van der Waals surface area contributed by atoms with Gasteiger partial charge in [0.05, 0.1) is 24.5 Å². The Balaban J connectivity index is 1.88. The smallest absolute Gasteiger partial charge is 0.246 e. The minimum Gasteiger partial charge on any atom is -0.495 e. The van der Waals surface area contributed by atoms with Crippen LogP contribution < -0.4 is 15.5 Å². The number of ether oxygens (including phenoxy) is 1. The molecule has 0 fully saturated rings. The highest BCUT2D eigenvalue weighted by Gasteiger charge is 2.11. The van der Waals surface area contributed by atoms with E-state index in [9.17, 15) is 9.59 Å². The van der Waals surface area contributed by atoms with E-state index in [1.165, 1.54) is 18.0 Å². The van der Waals surface area contributed by atoms with Crippen LogP contribution in [0.5, 0.6) is 5.75 Å². The molecule has 0 aliphatic heterocycles. The summed E-state index contributed by atoms with van der Waals surface area (Å²) in [6, 6.07) is 12.0. The van der Waals surface area contributed by atoms with Crippen LogP contribution in [0.2, 0.25) is 5.02 Å². The summed E-state index contributed by atoms with van der Waals surface area (Å²) in [4.78, 5) is 24.2. The average Bonchev–Trinajstić information content (AvgIpc) is 2.58. The Morgan fingerprint density at radius 1 is 1.29 bits per heavy atom. The second-order valence-electron chi connectivity index (χ2n) is 5.08. The molecule has 0 spiro atoms. The zero-order valence-corrected chi connectivity index (χ0v) is 13.6. The SMILES string of the molecule is COc1ccc(Cl)cc1NC(=O)Cn1ncc(=O)c2ccccc21. The second kappa shape index (κ2) is 6.72. The maximum Gasteiger partial charge on any atom is 0.246 e. The van der Waals surface area contributed by atoms with Gasteiger partial charge in [0.2, 0.25) is 11.3 Å². The molecular formula is C17H14ClN3O3. The van der Waals surface area contributed by atoms with Gasteiger partial charge in [-0.2, -0.15) is 5.10 Å². The molecule has 0 unspecified atom stereocenters. The number of methoxy groups -OCH3 is 1. The third-order valence-electron chi connectivity index (χ3n) is 3.49. The molecule has 0 bridgehead atoms. The fourth-order valence-electron chi connectivity index (χ4n) is 2.39. The lowest BCUT2D eigenvalue weighted by molar-refractivity contribution is -0.116. The van der Waals surface area contributed by atoms with E-state index < -0.39 is 0 Å². The van der Waals surface area contributed by atoms with Crippen LogP contribution in [0, 0.1) is 0 Å². The summed E-state index contributed by atoms with van der Waals surface area (Å²) in [5.74, 6) is 0.197. The van der Waals surface area contributed by atoms with Gasteiger partial charge in [-0.1, -0.05) is 23.7 Å². The molecule has 2 aromatic carbocycles. The first kappa shape index (κ1) is 16.0. The van der Waals surface area contributed by atoms with E-state index in [2.05, 4.69) is 10.4 Å². The van der Waals surface area contributed by atoms with Gasteiger partial charge in [-0.15, -0.1) is 0 Å². The summed E-state index contributed by atoms with van der Waals surface area (Å²) in [7, 11) is 1.51. The number of aromatic nitrogens is 2. The van der Waals surface area contributed by atoms with Crippen molar-refractivity contribution >= 4 is 34.1 Å². The lowest BCUT2D eigenvalue weighted by atomic mass is 10.2. The molecule has 0 saturated heterocycles. The van der Waals surface area contributed by atoms with Crippen LogP contribution in [0.3, 0.4) is 0 Å². The summed E-state index contributed by atoms with van der Waals surface area (Å²) in [6.45, 7) is -0.0452. The van der Waals surface area contributed by atoms with E-state index in [-0.39, 0.29) is 17.9 Å². The molecule has 0 aliphatic rings. The molecule has 0 aliphatic carbocycles. The molecule has 1 amide bonds. The Morgan fingerprint density at radius 2 is 2.08 bits per heavy atom. The Kier molecular flexibility index (Phi) is 4.48. The molecule has 1 heterocycles. The van der Waals surface area contributed by atoms with E-state index in [0.717, 1.165) is 0 Å². The Morgan fingerprint density at radius 3 is 2.88 bits per heavy atom. The maximum atomic E-state index is 12.3. The zero-order chi connectivity index (χ0) is 17.1. The lowest BCUT2D eigenvalue weighted by Crippen LogP contribution is -2.22. The number of carbonyl (C=O) groups excluding carboxylic acids is 1. The van der Waals surface area contributed by atoms with Gasteiger partial charge in [0, 0.05) is 10.4 Å². The highest BCUT2D eigenvalue weighted by molar-refractivity contribution is 6.31. The number of nitrogens with one attached hydrogen (secondary N) is 1. The summed E-state index contributed by atoms with van der Waals surface area (Å²) in [6.07, 6.45) is 1.20. The number of rotatable bonds is 4. The molecular weight excluding hydrogens is 330 g/mol. The minimum atomic E-state index is -0.308. The standard InChI is InChI=1S/C17H14ClN3O3/c1-24-16-7-6-11(18)8-13(16)20-17(23)10-21-14-5-3-2-4-12(14)15(22)9-19-21/h2-9H,10H2,1H3,(H,20,23). The second-order valence-corrected chi connectivity index (χ2v) is 5.51. The summed E-state index contributed by atoms with van der Waals surface area (Å²) in [5, 5.41) is 7.78. The number of carbonyl (C=O) groups is 1. The van der Waals surface area contributed by atoms with Gasteiger partial charge >= 0.3 is 0 Å². The first-order valence-corrected chi connectivity index (χ1v) is 7.54. The van der Waals surface area contributed by atoms with Crippen LogP contribution >= 0.6 is 11.6 Å². The third-order valence-corrected chi connectivity index (χ3v) is 3.73. The topological polar surface area (TPSA) is 73.2 Å². The van der Waals surface area contributed by atoms with Crippen LogP contribution in [-0.2, 0) is 11.3 Å². The van der Waals surface area contributed by atoms with Crippen molar-refractivity contribution < 1.29 is 9.53 Å². The van der Waals surface area contributed by atoms with Gasteiger partial charge in [-0.25, -0.2) is 0 Å². The predicted octanol–water partition coefficient (Wildman–Crippen LogP) is 2.70. The predicted molar refractivity (Wildman–Crippen MR) is 92.6 cm³/mol. The number of halogens is 1. The summed E-state index contributed by atoms with van der Waals surface area (Å²) in [5.41, 5.74) is 0.886. The highest BCUT2D eigenvalue weighted by atomic mass is 35.5. The maximum absolute atomic E-state index is 12.3. The number of benzene rings is 2. The van der Waals surface area contributed by atoms with Crippen molar-refractivity contribution in [2.75, 3.05) is 12.4 Å². The molecule has 1 aromatic heterocycles. The summed E-state index contributed by atoms with van der Waals surface area (Å²) >= 11 is 5.95. The molecule has 3 rings (SSSR count). The van der Waals surface area contributed by atoms with Crippen LogP contribution in [0.1, 0.15) is 0 Å². The number of anilines is 1. The monoisotopic (exact) mass is 343 g/mol. The van der Waals surface area contributed by atoms with Crippen LogP contribution in [0.15, 0.2) is 53.5 Å². The molecule has 7 heteroatoms.